The van der Waals surface area contributed by atoms with Gasteiger partial charge in [-0.15, -0.1) is 0 Å². The summed E-state index contributed by atoms with van der Waals surface area (Å²) >= 11 is 0. The minimum atomic E-state index is -0.415. The fraction of sp³-hybridized carbons (Fsp3) is 0.111. The summed E-state index contributed by atoms with van der Waals surface area (Å²) < 4.78 is 0. The van der Waals surface area contributed by atoms with Crippen molar-refractivity contribution >= 4 is 22.5 Å². The van der Waals surface area contributed by atoms with Crippen LogP contribution < -0.4 is 11.1 Å². The number of anilines is 1. The lowest BCUT2D eigenvalue weighted by molar-refractivity contribution is 0.100. The summed E-state index contributed by atoms with van der Waals surface area (Å²) in [6.45, 7) is 2.69. The zero-order valence-electron chi connectivity index (χ0n) is 12.3. The molecule has 1 amide bonds. The Labute approximate surface area is 129 Å². The van der Waals surface area contributed by atoms with Crippen LogP contribution in [0.1, 0.15) is 21.6 Å². The molecule has 0 bridgehead atoms. The van der Waals surface area contributed by atoms with Crippen LogP contribution >= 0.6 is 0 Å². The Kier molecular flexibility index (Phi) is 3.74. The molecule has 3 aromatic rings. The third kappa shape index (κ3) is 2.91. The maximum atomic E-state index is 11.1. The fourth-order valence-corrected chi connectivity index (χ4v) is 2.49. The Balaban J connectivity index is 1.83. The summed E-state index contributed by atoms with van der Waals surface area (Å²) in [4.78, 5) is 15.6. The molecule has 0 atom stereocenters. The summed E-state index contributed by atoms with van der Waals surface area (Å²) in [6, 6.07) is 17.4. The number of aryl methyl sites for hydroxylation is 1. The Bertz CT molecular complexity index is 825. The van der Waals surface area contributed by atoms with E-state index in [1.807, 2.05) is 37.3 Å². The second-order valence-electron chi connectivity index (χ2n) is 5.24. The third-order valence-corrected chi connectivity index (χ3v) is 3.58. The summed E-state index contributed by atoms with van der Waals surface area (Å²) in [5, 5.41) is 4.51. The van der Waals surface area contributed by atoms with Crippen molar-refractivity contribution in [2.24, 2.45) is 5.73 Å². The summed E-state index contributed by atoms with van der Waals surface area (Å²) in [6.07, 6.45) is 0. The molecule has 0 aliphatic carbocycles. The smallest absolute Gasteiger partial charge is 0.248 e. The molecule has 4 nitrogen and oxygen atoms in total. The van der Waals surface area contributed by atoms with Crippen molar-refractivity contribution in [3.8, 4) is 0 Å². The molecule has 0 unspecified atom stereocenters. The zero-order valence-corrected chi connectivity index (χ0v) is 12.3. The van der Waals surface area contributed by atoms with Crippen LogP contribution in [-0.4, -0.2) is 10.9 Å². The highest BCUT2D eigenvalue weighted by Gasteiger charge is 2.04. The van der Waals surface area contributed by atoms with Crippen LogP contribution in [0.5, 0.6) is 0 Å². The van der Waals surface area contributed by atoms with Gasteiger partial charge in [-0.2, -0.15) is 0 Å². The summed E-state index contributed by atoms with van der Waals surface area (Å²) in [7, 11) is 0. The van der Waals surface area contributed by atoms with Crippen LogP contribution in [0.15, 0.2) is 54.6 Å². The lowest BCUT2D eigenvalue weighted by Gasteiger charge is -2.10. The van der Waals surface area contributed by atoms with Crippen molar-refractivity contribution in [1.82, 2.24) is 4.98 Å². The first-order valence-corrected chi connectivity index (χ1v) is 7.12. The first-order valence-electron chi connectivity index (χ1n) is 7.12. The van der Waals surface area contributed by atoms with Crippen molar-refractivity contribution in [2.75, 3.05) is 5.32 Å². The highest BCUT2D eigenvalue weighted by Crippen LogP contribution is 2.19. The molecule has 0 aliphatic rings. The Morgan fingerprint density at radius 3 is 2.59 bits per heavy atom. The van der Waals surface area contributed by atoms with Crippen molar-refractivity contribution in [1.29, 1.82) is 0 Å². The number of carbonyl (C=O) groups is 1. The van der Waals surface area contributed by atoms with Crippen LogP contribution in [0.4, 0.5) is 5.69 Å². The van der Waals surface area contributed by atoms with Gasteiger partial charge in [-0.3, -0.25) is 9.78 Å². The Morgan fingerprint density at radius 2 is 1.86 bits per heavy atom. The van der Waals surface area contributed by atoms with E-state index in [9.17, 15) is 4.79 Å². The average Bonchev–Trinajstić information content (AvgIpc) is 2.52. The minimum Gasteiger partial charge on any atom is -0.381 e. The van der Waals surface area contributed by atoms with E-state index < -0.39 is 5.91 Å². The van der Waals surface area contributed by atoms with Gasteiger partial charge in [0.2, 0.25) is 5.91 Å². The van der Waals surface area contributed by atoms with Gasteiger partial charge in [-0.05, 0) is 48.9 Å². The second kappa shape index (κ2) is 5.85. The van der Waals surface area contributed by atoms with E-state index in [4.69, 9.17) is 5.73 Å². The molecule has 1 aromatic heterocycles. The van der Waals surface area contributed by atoms with E-state index in [0.29, 0.717) is 12.1 Å². The molecular weight excluding hydrogens is 274 g/mol. The van der Waals surface area contributed by atoms with Gasteiger partial charge in [0.25, 0.3) is 0 Å². The van der Waals surface area contributed by atoms with E-state index in [1.165, 1.54) is 5.56 Å². The maximum absolute atomic E-state index is 11.1. The molecule has 2 aromatic carbocycles. The van der Waals surface area contributed by atoms with E-state index in [1.54, 1.807) is 12.1 Å². The largest absolute Gasteiger partial charge is 0.381 e. The van der Waals surface area contributed by atoms with Crippen LogP contribution in [0, 0.1) is 6.92 Å². The molecule has 0 radical (unpaired) electrons. The quantitative estimate of drug-likeness (QED) is 0.775. The van der Waals surface area contributed by atoms with Gasteiger partial charge in [0.1, 0.15) is 0 Å². The molecule has 0 spiro atoms. The number of nitrogens with one attached hydrogen (secondary N) is 1. The van der Waals surface area contributed by atoms with Crippen molar-refractivity contribution < 1.29 is 4.79 Å². The number of primary amides is 1. The van der Waals surface area contributed by atoms with Gasteiger partial charge in [0.05, 0.1) is 5.52 Å². The van der Waals surface area contributed by atoms with Crippen molar-refractivity contribution in [2.45, 2.75) is 13.5 Å². The van der Waals surface area contributed by atoms with Crippen LogP contribution in [0.3, 0.4) is 0 Å². The number of amides is 1. The lowest BCUT2D eigenvalue weighted by Crippen LogP contribution is -2.10. The molecule has 1 heterocycles. The van der Waals surface area contributed by atoms with Crippen molar-refractivity contribution in [3.05, 3.63) is 71.4 Å². The number of benzene rings is 2. The lowest BCUT2D eigenvalue weighted by atomic mass is 10.1. The van der Waals surface area contributed by atoms with Gasteiger partial charge in [-0.25, -0.2) is 0 Å². The minimum absolute atomic E-state index is 0.415. The van der Waals surface area contributed by atoms with E-state index >= 15 is 0 Å². The number of nitrogens with two attached hydrogens (primary N) is 1. The van der Waals surface area contributed by atoms with Gasteiger partial charge in [0.15, 0.2) is 0 Å². The van der Waals surface area contributed by atoms with E-state index in [-0.39, 0.29) is 0 Å². The molecule has 3 N–H and O–H groups in total. The third-order valence-electron chi connectivity index (χ3n) is 3.58. The van der Waals surface area contributed by atoms with E-state index in [2.05, 4.69) is 22.4 Å². The highest BCUT2D eigenvalue weighted by molar-refractivity contribution is 5.93. The molecule has 0 saturated carbocycles. The number of para-hydroxylation sites is 1. The van der Waals surface area contributed by atoms with E-state index in [0.717, 1.165) is 22.3 Å². The Hall–Kier alpha value is -2.88. The number of hydrogen-bond acceptors (Lipinski definition) is 3. The monoisotopic (exact) mass is 291 g/mol. The van der Waals surface area contributed by atoms with Crippen LogP contribution in [-0.2, 0) is 6.54 Å². The first kappa shape index (κ1) is 14.1. The van der Waals surface area contributed by atoms with Gasteiger partial charge >= 0.3 is 0 Å². The number of rotatable bonds is 4. The average molecular weight is 291 g/mol. The predicted octanol–water partition coefficient (Wildman–Crippen LogP) is 3.25. The molecule has 110 valence electrons. The van der Waals surface area contributed by atoms with Crippen LogP contribution in [0.25, 0.3) is 10.9 Å². The number of fused-ring (bicyclic) bond motifs is 1. The molecular formula is C18H17N3O. The summed E-state index contributed by atoms with van der Waals surface area (Å²) in [5.74, 6) is -0.415. The second-order valence-corrected chi connectivity index (χ2v) is 5.24. The SMILES string of the molecule is Cc1cc(CNc2ccc(C(N)=O)cc2)c2ccccc2n1. The zero-order chi connectivity index (χ0) is 15.5. The predicted molar refractivity (Wildman–Crippen MR) is 88.8 cm³/mol. The first-order chi connectivity index (χ1) is 10.6. The molecule has 4 heteroatoms. The highest BCUT2D eigenvalue weighted by atomic mass is 16.1. The number of pyridine rings is 1. The van der Waals surface area contributed by atoms with Gasteiger partial charge in [0, 0.05) is 28.9 Å². The normalized spacial score (nSPS) is 10.6. The van der Waals surface area contributed by atoms with Gasteiger partial charge < -0.3 is 11.1 Å². The van der Waals surface area contributed by atoms with Gasteiger partial charge in [-0.1, -0.05) is 18.2 Å². The fourth-order valence-electron chi connectivity index (χ4n) is 2.49. The topological polar surface area (TPSA) is 68.0 Å². The Morgan fingerprint density at radius 1 is 1.14 bits per heavy atom. The molecule has 3 rings (SSSR count). The molecule has 0 fully saturated rings. The standard InChI is InChI=1S/C18H17N3O/c1-12-10-14(16-4-2-3-5-17(16)21-12)11-20-15-8-6-13(7-9-15)18(19)22/h2-10,20H,11H2,1H3,(H2,19,22). The molecule has 0 aliphatic heterocycles. The number of nitrogens with zero attached hydrogens (tertiary/aromatic N) is 1. The number of hydrogen-bond donors (Lipinski definition) is 2. The van der Waals surface area contributed by atoms with Crippen LogP contribution in [0.2, 0.25) is 0 Å². The molecule has 0 saturated heterocycles. The summed E-state index contributed by atoms with van der Waals surface area (Å²) in [5.41, 5.74) is 9.90. The van der Waals surface area contributed by atoms with Crippen molar-refractivity contribution in [3.63, 3.8) is 0 Å². The number of carbonyl (C=O) groups excluding carboxylic acids is 1. The maximum Gasteiger partial charge on any atom is 0.248 e. The number of aromatic nitrogens is 1. The molecule has 22 heavy (non-hydrogen) atoms.